The van der Waals surface area contributed by atoms with Crippen LogP contribution in [0.15, 0.2) is 47.4 Å². The summed E-state index contributed by atoms with van der Waals surface area (Å²) in [6, 6.07) is 10.0. The van der Waals surface area contributed by atoms with Crippen LogP contribution in [-0.4, -0.2) is 42.8 Å². The largest absolute Gasteiger partial charge is 0.497 e. The monoisotopic (exact) mass is 393 g/mol. The van der Waals surface area contributed by atoms with E-state index < -0.39 is 15.8 Å². The number of benzene rings is 2. The van der Waals surface area contributed by atoms with Crippen molar-refractivity contribution in [1.82, 2.24) is 24.9 Å². The molecule has 11 heteroatoms. The molecule has 0 fully saturated rings. The van der Waals surface area contributed by atoms with Gasteiger partial charge in [-0.15, -0.1) is 5.10 Å². The highest BCUT2D eigenvalue weighted by atomic mass is 32.2. The number of methoxy groups -OCH3 is 2. The Bertz CT molecular complexity index is 1050. The Morgan fingerprint density at radius 2 is 1.96 bits per heavy atom. The lowest BCUT2D eigenvalue weighted by molar-refractivity contribution is 0.392. The summed E-state index contributed by atoms with van der Waals surface area (Å²) in [6.07, 6.45) is 0. The second-order valence-electron chi connectivity index (χ2n) is 5.33. The van der Waals surface area contributed by atoms with Gasteiger partial charge in [-0.2, -0.15) is 4.68 Å². The van der Waals surface area contributed by atoms with E-state index in [0.29, 0.717) is 11.4 Å². The molecule has 3 aromatic rings. The molecule has 0 amide bonds. The Morgan fingerprint density at radius 1 is 1.15 bits per heavy atom. The maximum Gasteiger partial charge on any atom is 0.244 e. The predicted molar refractivity (Wildman–Crippen MR) is 92.7 cm³/mol. The van der Waals surface area contributed by atoms with Crippen molar-refractivity contribution in [2.75, 3.05) is 14.2 Å². The van der Waals surface area contributed by atoms with Gasteiger partial charge < -0.3 is 9.47 Å². The van der Waals surface area contributed by atoms with Crippen molar-refractivity contribution in [1.29, 1.82) is 0 Å². The van der Waals surface area contributed by atoms with Gasteiger partial charge in [0.05, 0.1) is 26.5 Å². The molecule has 0 radical (unpaired) electrons. The fraction of sp³-hybridized carbons (Fsp3) is 0.188. The molecule has 0 aliphatic heterocycles. The van der Waals surface area contributed by atoms with Crippen molar-refractivity contribution in [2.45, 2.75) is 11.4 Å². The highest BCUT2D eigenvalue weighted by Crippen LogP contribution is 2.28. The van der Waals surface area contributed by atoms with Crippen molar-refractivity contribution in [3.8, 4) is 17.2 Å². The molecule has 0 saturated carbocycles. The minimum absolute atomic E-state index is 0.0888. The summed E-state index contributed by atoms with van der Waals surface area (Å²) >= 11 is 0. The van der Waals surface area contributed by atoms with Crippen molar-refractivity contribution in [2.24, 2.45) is 0 Å². The third-order valence-corrected chi connectivity index (χ3v) is 5.09. The van der Waals surface area contributed by atoms with Gasteiger partial charge in [-0.3, -0.25) is 0 Å². The van der Waals surface area contributed by atoms with Gasteiger partial charge in [0.1, 0.15) is 22.2 Å². The SMILES string of the molecule is COc1ccc(OC)c(S(=O)(=O)NCc2nnnn2-c2cccc(F)c2)c1. The molecule has 0 unspecified atom stereocenters. The van der Waals surface area contributed by atoms with Crippen molar-refractivity contribution in [3.05, 3.63) is 54.1 Å². The molecule has 0 atom stereocenters. The highest BCUT2D eigenvalue weighted by Gasteiger charge is 2.22. The zero-order valence-corrected chi connectivity index (χ0v) is 15.3. The molecule has 9 nitrogen and oxygen atoms in total. The molecular formula is C16H16FN5O4S. The van der Waals surface area contributed by atoms with Crippen LogP contribution in [0.2, 0.25) is 0 Å². The second kappa shape index (κ2) is 7.68. The Hall–Kier alpha value is -3.05. The van der Waals surface area contributed by atoms with Crippen LogP contribution in [0.4, 0.5) is 4.39 Å². The van der Waals surface area contributed by atoms with Crippen LogP contribution in [0.3, 0.4) is 0 Å². The molecule has 1 N–H and O–H groups in total. The maximum absolute atomic E-state index is 13.4. The van der Waals surface area contributed by atoms with E-state index in [4.69, 9.17) is 9.47 Å². The van der Waals surface area contributed by atoms with Gasteiger partial charge in [-0.1, -0.05) is 6.07 Å². The first kappa shape index (κ1) is 18.7. The van der Waals surface area contributed by atoms with E-state index in [1.165, 1.54) is 49.2 Å². The number of aromatic nitrogens is 4. The molecule has 0 spiro atoms. The summed E-state index contributed by atoms with van der Waals surface area (Å²) in [5.41, 5.74) is 0.369. The zero-order chi connectivity index (χ0) is 19.4. The molecule has 3 rings (SSSR count). The number of tetrazole rings is 1. The van der Waals surface area contributed by atoms with Gasteiger partial charge in [0.2, 0.25) is 10.0 Å². The first-order valence-corrected chi connectivity index (χ1v) is 9.18. The van der Waals surface area contributed by atoms with E-state index in [1.807, 2.05) is 0 Å². The number of hydrogen-bond acceptors (Lipinski definition) is 7. The van der Waals surface area contributed by atoms with E-state index in [2.05, 4.69) is 20.2 Å². The van der Waals surface area contributed by atoms with Crippen LogP contribution >= 0.6 is 0 Å². The number of rotatable bonds is 7. The van der Waals surface area contributed by atoms with Gasteiger partial charge >= 0.3 is 0 Å². The highest BCUT2D eigenvalue weighted by molar-refractivity contribution is 7.89. The Morgan fingerprint density at radius 3 is 2.67 bits per heavy atom. The normalized spacial score (nSPS) is 11.4. The van der Waals surface area contributed by atoms with Crippen molar-refractivity contribution >= 4 is 10.0 Å². The summed E-state index contributed by atoms with van der Waals surface area (Å²) in [5.74, 6) is 0.246. The molecule has 2 aromatic carbocycles. The third kappa shape index (κ3) is 4.04. The molecule has 0 aliphatic rings. The van der Waals surface area contributed by atoms with Crippen LogP contribution in [0.1, 0.15) is 5.82 Å². The van der Waals surface area contributed by atoms with E-state index in [-0.39, 0.29) is 23.0 Å². The molecule has 1 heterocycles. The molecule has 142 valence electrons. The van der Waals surface area contributed by atoms with Gasteiger partial charge in [0.15, 0.2) is 5.82 Å². The minimum Gasteiger partial charge on any atom is -0.497 e. The summed E-state index contributed by atoms with van der Waals surface area (Å²) in [7, 11) is -1.16. The smallest absolute Gasteiger partial charge is 0.244 e. The molecule has 0 aliphatic carbocycles. The number of nitrogens with zero attached hydrogens (tertiary/aromatic N) is 4. The summed E-state index contributed by atoms with van der Waals surface area (Å²) in [6.45, 7) is -0.216. The van der Waals surface area contributed by atoms with E-state index in [1.54, 1.807) is 12.1 Å². The molecule has 1 aromatic heterocycles. The van der Waals surface area contributed by atoms with E-state index in [0.717, 1.165) is 0 Å². The number of nitrogens with one attached hydrogen (secondary N) is 1. The van der Waals surface area contributed by atoms with Gasteiger partial charge in [-0.05, 0) is 40.8 Å². The second-order valence-corrected chi connectivity index (χ2v) is 7.06. The van der Waals surface area contributed by atoms with Crippen LogP contribution in [0, 0.1) is 5.82 Å². The summed E-state index contributed by atoms with van der Waals surface area (Å²) < 4.78 is 52.6. The summed E-state index contributed by atoms with van der Waals surface area (Å²) in [5, 5.41) is 11.1. The number of sulfonamides is 1. The lowest BCUT2D eigenvalue weighted by Crippen LogP contribution is -2.25. The lowest BCUT2D eigenvalue weighted by Gasteiger charge is -2.12. The van der Waals surface area contributed by atoms with Crippen LogP contribution in [0.5, 0.6) is 11.5 Å². The van der Waals surface area contributed by atoms with E-state index >= 15 is 0 Å². The molecule has 0 saturated heterocycles. The zero-order valence-electron chi connectivity index (χ0n) is 14.5. The molecule has 0 bridgehead atoms. The number of hydrogen-bond donors (Lipinski definition) is 1. The van der Waals surface area contributed by atoms with Gasteiger partial charge in [0, 0.05) is 6.07 Å². The first-order chi connectivity index (χ1) is 12.9. The van der Waals surface area contributed by atoms with Crippen LogP contribution in [-0.2, 0) is 16.6 Å². The number of halogens is 1. The van der Waals surface area contributed by atoms with Gasteiger partial charge in [0.25, 0.3) is 0 Å². The van der Waals surface area contributed by atoms with Gasteiger partial charge in [-0.25, -0.2) is 17.5 Å². The van der Waals surface area contributed by atoms with Crippen LogP contribution < -0.4 is 14.2 Å². The fourth-order valence-electron chi connectivity index (χ4n) is 2.36. The van der Waals surface area contributed by atoms with Crippen molar-refractivity contribution in [3.63, 3.8) is 0 Å². The van der Waals surface area contributed by atoms with Crippen LogP contribution in [0.25, 0.3) is 5.69 Å². The topological polar surface area (TPSA) is 108 Å². The molecular weight excluding hydrogens is 377 g/mol. The molecule has 27 heavy (non-hydrogen) atoms. The standard InChI is InChI=1S/C16H16FN5O4S/c1-25-13-6-7-14(26-2)15(9-13)27(23,24)18-10-16-19-20-21-22(16)12-5-3-4-11(17)8-12/h3-9,18H,10H2,1-2H3. The minimum atomic E-state index is -3.96. The maximum atomic E-state index is 13.4. The predicted octanol–water partition coefficient (Wildman–Crippen LogP) is 1.30. The van der Waals surface area contributed by atoms with Crippen molar-refractivity contribution < 1.29 is 22.3 Å². The Labute approximate surface area is 154 Å². The third-order valence-electron chi connectivity index (χ3n) is 3.67. The van der Waals surface area contributed by atoms with E-state index in [9.17, 15) is 12.8 Å². The average Bonchev–Trinajstić information content (AvgIpc) is 3.14. The Kier molecular flexibility index (Phi) is 5.33. The fourth-order valence-corrected chi connectivity index (χ4v) is 3.52. The lowest BCUT2D eigenvalue weighted by atomic mass is 10.3. The Balaban J connectivity index is 1.87. The average molecular weight is 393 g/mol. The first-order valence-electron chi connectivity index (χ1n) is 7.69. The summed E-state index contributed by atoms with van der Waals surface area (Å²) in [4.78, 5) is -0.0888. The quantitative estimate of drug-likeness (QED) is 0.644. The number of ether oxygens (including phenoxy) is 2.